The Kier molecular flexibility index (Phi) is 5.50. The third kappa shape index (κ3) is 3.43. The van der Waals surface area contributed by atoms with E-state index < -0.39 is 10.0 Å². The molecule has 0 saturated carbocycles. The van der Waals surface area contributed by atoms with Crippen molar-refractivity contribution >= 4 is 37.5 Å². The fourth-order valence-electron chi connectivity index (χ4n) is 3.21. The van der Waals surface area contributed by atoms with Crippen LogP contribution in [0.25, 0.3) is 0 Å². The lowest BCUT2D eigenvalue weighted by Gasteiger charge is -2.20. The first kappa shape index (κ1) is 19.1. The van der Waals surface area contributed by atoms with E-state index in [2.05, 4.69) is 15.9 Å². The van der Waals surface area contributed by atoms with Gasteiger partial charge in [-0.05, 0) is 54.4 Å². The summed E-state index contributed by atoms with van der Waals surface area (Å²) in [5.41, 5.74) is 2.29. The van der Waals surface area contributed by atoms with Crippen molar-refractivity contribution in [3.63, 3.8) is 0 Å². The molecule has 0 unspecified atom stereocenters. The van der Waals surface area contributed by atoms with Gasteiger partial charge in [0.05, 0.1) is 4.90 Å². The van der Waals surface area contributed by atoms with Crippen LogP contribution in [-0.2, 0) is 16.4 Å². The van der Waals surface area contributed by atoms with Crippen LogP contribution in [0, 0.1) is 0 Å². The van der Waals surface area contributed by atoms with Gasteiger partial charge in [0.1, 0.15) is 0 Å². The second kappa shape index (κ2) is 7.50. The molecule has 0 N–H and O–H groups in total. The Morgan fingerprint density at radius 3 is 2.38 bits per heavy atom. The van der Waals surface area contributed by atoms with Crippen molar-refractivity contribution in [3.8, 4) is 0 Å². The highest BCUT2D eigenvalue weighted by Gasteiger charge is 2.28. The van der Waals surface area contributed by atoms with Crippen LogP contribution in [0.2, 0.25) is 0 Å². The molecule has 0 aromatic heterocycles. The van der Waals surface area contributed by atoms with Gasteiger partial charge in [0, 0.05) is 35.4 Å². The highest BCUT2D eigenvalue weighted by Crippen LogP contribution is 2.32. The highest BCUT2D eigenvalue weighted by atomic mass is 79.9. The SMILES string of the molecule is CCN(CC)S(=O)(=O)c1ccc2c(c1)CCN2C(=O)c1ccc(Br)cc1. The Labute approximate surface area is 162 Å². The number of anilines is 1. The van der Waals surface area contributed by atoms with Crippen molar-refractivity contribution in [2.45, 2.75) is 25.2 Å². The molecule has 1 amide bonds. The molecule has 26 heavy (non-hydrogen) atoms. The lowest BCUT2D eigenvalue weighted by Crippen LogP contribution is -2.30. The normalized spacial score (nSPS) is 13.9. The topological polar surface area (TPSA) is 57.7 Å². The number of rotatable bonds is 5. The van der Waals surface area contributed by atoms with Crippen LogP contribution < -0.4 is 4.90 Å². The molecule has 3 rings (SSSR count). The predicted octanol–water partition coefficient (Wildman–Crippen LogP) is 3.68. The van der Waals surface area contributed by atoms with E-state index in [1.165, 1.54) is 4.31 Å². The fourth-order valence-corrected chi connectivity index (χ4v) is 4.98. The van der Waals surface area contributed by atoms with Gasteiger partial charge < -0.3 is 4.90 Å². The van der Waals surface area contributed by atoms with Gasteiger partial charge in [-0.15, -0.1) is 0 Å². The molecule has 0 fully saturated rings. The van der Waals surface area contributed by atoms with E-state index in [4.69, 9.17) is 0 Å². The molecule has 1 aliphatic rings. The van der Waals surface area contributed by atoms with Gasteiger partial charge in [-0.1, -0.05) is 29.8 Å². The fraction of sp³-hybridized carbons (Fsp3) is 0.316. The molecule has 1 aliphatic heterocycles. The summed E-state index contributed by atoms with van der Waals surface area (Å²) in [6.45, 7) is 5.08. The average Bonchev–Trinajstić information content (AvgIpc) is 3.05. The van der Waals surface area contributed by atoms with Crippen LogP contribution in [-0.4, -0.2) is 38.3 Å². The number of fused-ring (bicyclic) bond motifs is 1. The molecule has 0 aliphatic carbocycles. The number of benzene rings is 2. The van der Waals surface area contributed by atoms with Crippen molar-refractivity contribution in [2.24, 2.45) is 0 Å². The van der Waals surface area contributed by atoms with E-state index in [9.17, 15) is 13.2 Å². The molecule has 0 radical (unpaired) electrons. The van der Waals surface area contributed by atoms with Gasteiger partial charge in [-0.2, -0.15) is 4.31 Å². The molecule has 1 heterocycles. The van der Waals surface area contributed by atoms with E-state index in [0.717, 1.165) is 15.7 Å². The monoisotopic (exact) mass is 436 g/mol. The molecular weight excluding hydrogens is 416 g/mol. The summed E-state index contributed by atoms with van der Waals surface area (Å²) in [6, 6.07) is 12.3. The highest BCUT2D eigenvalue weighted by molar-refractivity contribution is 9.10. The molecule has 0 bridgehead atoms. The first-order valence-corrected chi connectivity index (χ1v) is 10.8. The van der Waals surface area contributed by atoms with E-state index in [0.29, 0.717) is 31.6 Å². The summed E-state index contributed by atoms with van der Waals surface area (Å²) in [6.07, 6.45) is 0.652. The Balaban J connectivity index is 1.91. The smallest absolute Gasteiger partial charge is 0.258 e. The Bertz CT molecular complexity index is 922. The van der Waals surface area contributed by atoms with Crippen LogP contribution in [0.3, 0.4) is 0 Å². The summed E-state index contributed by atoms with van der Waals surface area (Å²) >= 11 is 3.37. The molecule has 0 atom stereocenters. The van der Waals surface area contributed by atoms with E-state index in [1.807, 2.05) is 26.0 Å². The summed E-state index contributed by atoms with van der Waals surface area (Å²) < 4.78 is 27.8. The lowest BCUT2D eigenvalue weighted by molar-refractivity contribution is 0.0989. The van der Waals surface area contributed by atoms with Crippen LogP contribution in [0.5, 0.6) is 0 Å². The van der Waals surface area contributed by atoms with Crippen molar-refractivity contribution in [3.05, 3.63) is 58.1 Å². The maximum Gasteiger partial charge on any atom is 0.258 e. The van der Waals surface area contributed by atoms with E-state index in [-0.39, 0.29) is 10.8 Å². The second-order valence-electron chi connectivity index (χ2n) is 6.09. The first-order valence-electron chi connectivity index (χ1n) is 8.59. The molecule has 2 aromatic carbocycles. The van der Waals surface area contributed by atoms with Crippen LogP contribution in [0.4, 0.5) is 5.69 Å². The summed E-state index contributed by atoms with van der Waals surface area (Å²) in [5.74, 6) is -0.0735. The number of halogens is 1. The standard InChI is InChI=1S/C19H21BrN2O3S/c1-3-21(4-2)26(24,25)17-9-10-18-15(13-17)11-12-22(18)19(23)14-5-7-16(20)8-6-14/h5-10,13H,3-4,11-12H2,1-2H3. The molecule has 0 spiro atoms. The molecule has 2 aromatic rings. The van der Waals surface area contributed by atoms with Crippen LogP contribution in [0.15, 0.2) is 51.8 Å². The zero-order chi connectivity index (χ0) is 18.9. The number of sulfonamides is 1. The summed E-state index contributed by atoms with van der Waals surface area (Å²) in [5, 5.41) is 0. The predicted molar refractivity (Wildman–Crippen MR) is 106 cm³/mol. The Morgan fingerprint density at radius 2 is 1.77 bits per heavy atom. The van der Waals surface area contributed by atoms with Gasteiger partial charge in [-0.3, -0.25) is 4.79 Å². The summed E-state index contributed by atoms with van der Waals surface area (Å²) in [4.78, 5) is 14.8. The van der Waals surface area contributed by atoms with Gasteiger partial charge in [0.25, 0.3) is 5.91 Å². The molecule has 7 heteroatoms. The average molecular weight is 437 g/mol. The minimum Gasteiger partial charge on any atom is -0.308 e. The second-order valence-corrected chi connectivity index (χ2v) is 8.95. The van der Waals surface area contributed by atoms with Crippen molar-refractivity contribution in [1.29, 1.82) is 0 Å². The molecule has 0 saturated heterocycles. The summed E-state index contributed by atoms with van der Waals surface area (Å²) in [7, 11) is -3.49. The maximum absolute atomic E-state index is 12.8. The van der Waals surface area contributed by atoms with Crippen molar-refractivity contribution in [2.75, 3.05) is 24.5 Å². The van der Waals surface area contributed by atoms with E-state index >= 15 is 0 Å². The third-order valence-electron chi connectivity index (χ3n) is 4.63. The largest absolute Gasteiger partial charge is 0.308 e. The Morgan fingerprint density at radius 1 is 1.12 bits per heavy atom. The number of carbonyl (C=O) groups excluding carboxylic acids is 1. The number of nitrogens with zero attached hydrogens (tertiary/aromatic N) is 2. The zero-order valence-corrected chi connectivity index (χ0v) is 17.2. The van der Waals surface area contributed by atoms with Gasteiger partial charge in [0.15, 0.2) is 0 Å². The van der Waals surface area contributed by atoms with Gasteiger partial charge in [0.2, 0.25) is 10.0 Å². The number of carbonyl (C=O) groups is 1. The third-order valence-corrected chi connectivity index (χ3v) is 7.20. The minimum atomic E-state index is -3.49. The molecular formula is C19H21BrN2O3S. The van der Waals surface area contributed by atoms with Crippen molar-refractivity contribution < 1.29 is 13.2 Å². The first-order chi connectivity index (χ1) is 12.4. The van der Waals surface area contributed by atoms with Crippen LogP contribution in [0.1, 0.15) is 29.8 Å². The number of hydrogen-bond donors (Lipinski definition) is 0. The van der Waals surface area contributed by atoms with Crippen molar-refractivity contribution in [1.82, 2.24) is 4.31 Å². The number of hydrogen-bond acceptors (Lipinski definition) is 3. The van der Waals surface area contributed by atoms with Gasteiger partial charge in [-0.25, -0.2) is 8.42 Å². The zero-order valence-electron chi connectivity index (χ0n) is 14.8. The Hall–Kier alpha value is -1.70. The molecule has 5 nitrogen and oxygen atoms in total. The number of amides is 1. The quantitative estimate of drug-likeness (QED) is 0.717. The maximum atomic E-state index is 12.8. The van der Waals surface area contributed by atoms with E-state index in [1.54, 1.807) is 35.2 Å². The van der Waals surface area contributed by atoms with Gasteiger partial charge >= 0.3 is 0 Å². The lowest BCUT2D eigenvalue weighted by atomic mass is 10.1. The molecule has 138 valence electrons. The minimum absolute atomic E-state index is 0.0735. The van der Waals surface area contributed by atoms with Crippen LogP contribution >= 0.6 is 15.9 Å².